The Morgan fingerprint density at radius 3 is 2.67 bits per heavy atom. The van der Waals surface area contributed by atoms with E-state index in [1.54, 1.807) is 18.2 Å². The second-order valence-corrected chi connectivity index (χ2v) is 2.48. The van der Waals surface area contributed by atoms with Gasteiger partial charge >= 0.3 is 0 Å². The molecule has 12 heavy (non-hydrogen) atoms. The summed E-state index contributed by atoms with van der Waals surface area (Å²) in [5, 5.41) is 0. The molecular weight excluding hydrogens is 148 g/mol. The molecule has 0 saturated carbocycles. The summed E-state index contributed by atoms with van der Waals surface area (Å²) >= 11 is 0. The molecule has 1 aromatic carbocycles. The third-order valence-electron chi connectivity index (χ3n) is 1.52. The number of hydrogen-bond acceptors (Lipinski definition) is 2. The second kappa shape index (κ2) is 3.62. The minimum atomic E-state index is 0.716. The summed E-state index contributed by atoms with van der Waals surface area (Å²) < 4.78 is 0. The monoisotopic (exact) mass is 160 g/mol. The molecule has 0 fully saturated rings. The van der Waals surface area contributed by atoms with E-state index in [2.05, 4.69) is 6.58 Å². The van der Waals surface area contributed by atoms with Crippen LogP contribution in [0.5, 0.6) is 0 Å². The molecule has 0 atom stereocenters. The van der Waals surface area contributed by atoms with Gasteiger partial charge in [-0.1, -0.05) is 24.8 Å². The number of allylic oxidation sites excluding steroid dienone is 2. The van der Waals surface area contributed by atoms with Crippen LogP contribution in [0, 0.1) is 0 Å². The lowest BCUT2D eigenvalue weighted by molar-refractivity contribution is 1.63. The summed E-state index contributed by atoms with van der Waals surface area (Å²) in [6.07, 6.45) is 5.40. The Hall–Kier alpha value is -1.70. The fraction of sp³-hybridized carbons (Fsp3) is 0. The van der Waals surface area contributed by atoms with Crippen LogP contribution in [0.4, 0.5) is 11.4 Å². The highest BCUT2D eigenvalue weighted by Crippen LogP contribution is 2.16. The number of hydrogen-bond donors (Lipinski definition) is 2. The van der Waals surface area contributed by atoms with Gasteiger partial charge in [0, 0.05) is 11.4 Å². The topological polar surface area (TPSA) is 52.0 Å². The molecule has 0 radical (unpaired) electrons. The van der Waals surface area contributed by atoms with Crippen molar-refractivity contribution in [3.63, 3.8) is 0 Å². The van der Waals surface area contributed by atoms with Gasteiger partial charge in [0.05, 0.1) is 0 Å². The van der Waals surface area contributed by atoms with E-state index in [0.717, 1.165) is 11.3 Å². The van der Waals surface area contributed by atoms with E-state index in [0.29, 0.717) is 5.69 Å². The van der Waals surface area contributed by atoms with E-state index in [1.165, 1.54) is 0 Å². The van der Waals surface area contributed by atoms with Crippen molar-refractivity contribution in [2.75, 3.05) is 11.5 Å². The maximum Gasteiger partial charge on any atom is 0.0389 e. The Bertz CT molecular complexity index is 314. The Kier molecular flexibility index (Phi) is 2.53. The molecule has 2 nitrogen and oxygen atoms in total. The first-order valence-electron chi connectivity index (χ1n) is 3.68. The Morgan fingerprint density at radius 2 is 2.00 bits per heavy atom. The first-order chi connectivity index (χ1) is 5.74. The molecule has 0 aromatic heterocycles. The van der Waals surface area contributed by atoms with Gasteiger partial charge in [0.1, 0.15) is 0 Å². The van der Waals surface area contributed by atoms with Crippen LogP contribution in [0.3, 0.4) is 0 Å². The molecule has 1 aromatic rings. The van der Waals surface area contributed by atoms with E-state index in [9.17, 15) is 0 Å². The van der Waals surface area contributed by atoms with Crippen molar-refractivity contribution in [1.29, 1.82) is 0 Å². The summed E-state index contributed by atoms with van der Waals surface area (Å²) in [5.41, 5.74) is 13.6. The highest BCUT2D eigenvalue weighted by Gasteiger charge is 1.93. The van der Waals surface area contributed by atoms with E-state index in [4.69, 9.17) is 11.5 Å². The van der Waals surface area contributed by atoms with Crippen LogP contribution in [0.15, 0.2) is 36.9 Å². The van der Waals surface area contributed by atoms with Crippen molar-refractivity contribution in [3.8, 4) is 0 Å². The normalized spacial score (nSPS) is 10.3. The van der Waals surface area contributed by atoms with Gasteiger partial charge in [-0.25, -0.2) is 0 Å². The van der Waals surface area contributed by atoms with Gasteiger partial charge in [-0.15, -0.1) is 0 Å². The maximum absolute atomic E-state index is 5.69. The average molecular weight is 160 g/mol. The van der Waals surface area contributed by atoms with Gasteiger partial charge in [-0.3, -0.25) is 0 Å². The largest absolute Gasteiger partial charge is 0.399 e. The molecule has 62 valence electrons. The van der Waals surface area contributed by atoms with Crippen LogP contribution >= 0.6 is 0 Å². The summed E-state index contributed by atoms with van der Waals surface area (Å²) in [5.74, 6) is 0. The van der Waals surface area contributed by atoms with Crippen molar-refractivity contribution < 1.29 is 0 Å². The summed E-state index contributed by atoms with van der Waals surface area (Å²) in [4.78, 5) is 0. The molecule has 0 aliphatic heterocycles. The van der Waals surface area contributed by atoms with Crippen LogP contribution < -0.4 is 11.5 Å². The highest BCUT2D eigenvalue weighted by atomic mass is 14.6. The molecule has 1 rings (SSSR count). The minimum Gasteiger partial charge on any atom is -0.399 e. The first kappa shape index (κ1) is 8.40. The highest BCUT2D eigenvalue weighted by molar-refractivity contribution is 5.68. The number of rotatable bonds is 2. The van der Waals surface area contributed by atoms with Crippen molar-refractivity contribution in [2.45, 2.75) is 0 Å². The van der Waals surface area contributed by atoms with E-state index in [1.807, 2.05) is 18.2 Å². The van der Waals surface area contributed by atoms with Crippen molar-refractivity contribution in [2.24, 2.45) is 0 Å². The SMILES string of the molecule is C=C/C=C\c1cc(N)ccc1N. The zero-order valence-electron chi connectivity index (χ0n) is 6.83. The number of anilines is 2. The molecule has 0 amide bonds. The minimum absolute atomic E-state index is 0.716. The molecule has 0 saturated heterocycles. The third kappa shape index (κ3) is 1.89. The lowest BCUT2D eigenvalue weighted by Gasteiger charge is -2.00. The maximum atomic E-state index is 5.69. The van der Waals surface area contributed by atoms with Gasteiger partial charge in [0.15, 0.2) is 0 Å². The van der Waals surface area contributed by atoms with Gasteiger partial charge in [-0.2, -0.15) is 0 Å². The standard InChI is InChI=1S/C10H12N2/c1-2-3-4-8-7-9(11)5-6-10(8)12/h2-7H,1,11-12H2/b4-3-. The molecule has 0 aliphatic carbocycles. The van der Waals surface area contributed by atoms with Crippen molar-refractivity contribution >= 4 is 17.5 Å². The summed E-state index contributed by atoms with van der Waals surface area (Å²) in [6, 6.07) is 5.40. The van der Waals surface area contributed by atoms with Gasteiger partial charge in [0.2, 0.25) is 0 Å². The van der Waals surface area contributed by atoms with E-state index in [-0.39, 0.29) is 0 Å². The number of benzene rings is 1. The number of nitrogens with two attached hydrogens (primary N) is 2. The Balaban J connectivity index is 3.04. The van der Waals surface area contributed by atoms with E-state index < -0.39 is 0 Å². The molecule has 2 heteroatoms. The summed E-state index contributed by atoms with van der Waals surface area (Å²) in [7, 11) is 0. The van der Waals surface area contributed by atoms with Crippen LogP contribution in [0.1, 0.15) is 5.56 Å². The predicted molar refractivity (Wildman–Crippen MR) is 54.5 cm³/mol. The fourth-order valence-corrected chi connectivity index (χ4v) is 0.909. The molecule has 0 spiro atoms. The molecule has 0 bridgehead atoms. The van der Waals surface area contributed by atoms with Crippen LogP contribution in [0.2, 0.25) is 0 Å². The zero-order valence-corrected chi connectivity index (χ0v) is 6.83. The fourth-order valence-electron chi connectivity index (χ4n) is 0.909. The average Bonchev–Trinajstić information content (AvgIpc) is 2.07. The Morgan fingerprint density at radius 1 is 1.25 bits per heavy atom. The molecule has 0 unspecified atom stereocenters. The predicted octanol–water partition coefficient (Wildman–Crippen LogP) is 2.05. The first-order valence-corrected chi connectivity index (χ1v) is 3.68. The molecule has 4 N–H and O–H groups in total. The lowest BCUT2D eigenvalue weighted by atomic mass is 10.1. The van der Waals surface area contributed by atoms with Gasteiger partial charge in [-0.05, 0) is 23.8 Å². The van der Waals surface area contributed by atoms with Crippen LogP contribution in [-0.4, -0.2) is 0 Å². The quantitative estimate of drug-likeness (QED) is 0.514. The van der Waals surface area contributed by atoms with Crippen LogP contribution in [-0.2, 0) is 0 Å². The molecule has 0 heterocycles. The third-order valence-corrected chi connectivity index (χ3v) is 1.52. The second-order valence-electron chi connectivity index (χ2n) is 2.48. The smallest absolute Gasteiger partial charge is 0.0389 e. The van der Waals surface area contributed by atoms with Gasteiger partial charge in [0.25, 0.3) is 0 Å². The molecule has 0 aliphatic rings. The summed E-state index contributed by atoms with van der Waals surface area (Å²) in [6.45, 7) is 3.57. The van der Waals surface area contributed by atoms with Crippen molar-refractivity contribution in [3.05, 3.63) is 42.5 Å². The zero-order chi connectivity index (χ0) is 8.97. The Labute approximate surface area is 72.2 Å². The van der Waals surface area contributed by atoms with E-state index >= 15 is 0 Å². The van der Waals surface area contributed by atoms with Crippen molar-refractivity contribution in [1.82, 2.24) is 0 Å². The molecular formula is C10H12N2. The van der Waals surface area contributed by atoms with Crippen LogP contribution in [0.25, 0.3) is 6.08 Å². The number of nitrogen functional groups attached to an aromatic ring is 2. The van der Waals surface area contributed by atoms with Gasteiger partial charge < -0.3 is 11.5 Å². The lowest BCUT2D eigenvalue weighted by Crippen LogP contribution is -1.91.